The Labute approximate surface area is 89.5 Å². The maximum atomic E-state index is 10.8. The molecule has 2 aliphatic carbocycles. The van der Waals surface area contributed by atoms with Crippen molar-refractivity contribution in [1.82, 2.24) is 0 Å². The van der Waals surface area contributed by atoms with Gasteiger partial charge < -0.3 is 30.3 Å². The van der Waals surface area contributed by atoms with Crippen LogP contribution in [0.2, 0.25) is 0 Å². The number of hydrogen-bond donors (Lipinski definition) is 5. The number of ether oxygens (including phenoxy) is 1. The van der Waals surface area contributed by atoms with Crippen molar-refractivity contribution in [3.8, 4) is 0 Å². The third-order valence-corrected chi connectivity index (χ3v) is 2.92. The zero-order valence-electron chi connectivity index (χ0n) is 8.21. The molecule has 0 bridgehead atoms. The number of rotatable bonds is 2. The van der Waals surface area contributed by atoms with Crippen LogP contribution in [0, 0.1) is 5.92 Å². The Morgan fingerprint density at radius 3 is 2.44 bits per heavy atom. The maximum Gasteiger partial charge on any atom is 0.343 e. The molecule has 1 fully saturated rings. The zero-order chi connectivity index (χ0) is 12.2. The molecule has 0 saturated heterocycles. The van der Waals surface area contributed by atoms with Crippen molar-refractivity contribution in [1.29, 1.82) is 0 Å². The van der Waals surface area contributed by atoms with Gasteiger partial charge in [0.15, 0.2) is 17.1 Å². The molecule has 88 valence electrons. The maximum absolute atomic E-state index is 10.8. The van der Waals surface area contributed by atoms with E-state index in [4.69, 9.17) is 5.11 Å². The molecule has 2 rings (SSSR count). The van der Waals surface area contributed by atoms with E-state index in [-0.39, 0.29) is 0 Å². The second kappa shape index (κ2) is 2.89. The summed E-state index contributed by atoms with van der Waals surface area (Å²) in [6, 6.07) is 0. The Hall–Kier alpha value is -1.73. The van der Waals surface area contributed by atoms with Gasteiger partial charge in [-0.25, -0.2) is 4.79 Å². The summed E-state index contributed by atoms with van der Waals surface area (Å²) >= 11 is 0. The fourth-order valence-corrected chi connectivity index (χ4v) is 1.98. The van der Waals surface area contributed by atoms with Crippen LogP contribution in [0.1, 0.15) is 0 Å². The minimum Gasteiger partial charge on any atom is -0.511 e. The van der Waals surface area contributed by atoms with Gasteiger partial charge in [-0.05, 0) is 0 Å². The van der Waals surface area contributed by atoms with Gasteiger partial charge in [-0.1, -0.05) is 0 Å². The average Bonchev–Trinajstić information content (AvgIpc) is 2.76. The minimum atomic E-state index is -2.03. The second-order valence-electron chi connectivity index (χ2n) is 3.70. The molecule has 0 aromatic carbocycles. The van der Waals surface area contributed by atoms with Crippen LogP contribution in [0.4, 0.5) is 0 Å². The molecule has 16 heavy (non-hydrogen) atoms. The van der Waals surface area contributed by atoms with Crippen molar-refractivity contribution in [2.75, 3.05) is 7.11 Å². The fourth-order valence-electron chi connectivity index (χ4n) is 1.98. The van der Waals surface area contributed by atoms with E-state index in [2.05, 4.69) is 4.74 Å². The highest BCUT2D eigenvalue weighted by Crippen LogP contribution is 2.56. The van der Waals surface area contributed by atoms with Crippen LogP contribution in [-0.2, 0) is 9.53 Å². The Balaban J connectivity index is 2.62. The van der Waals surface area contributed by atoms with Crippen LogP contribution in [0.15, 0.2) is 22.9 Å². The fraction of sp³-hybridized carbons (Fsp3) is 0.444. The second-order valence-corrected chi connectivity index (χ2v) is 3.70. The Morgan fingerprint density at radius 2 is 2.00 bits per heavy atom. The lowest BCUT2D eigenvalue weighted by molar-refractivity contribution is -0.133. The van der Waals surface area contributed by atoms with Gasteiger partial charge in [-0.3, -0.25) is 0 Å². The van der Waals surface area contributed by atoms with Gasteiger partial charge in [0, 0.05) is 0 Å². The van der Waals surface area contributed by atoms with Crippen LogP contribution in [-0.4, -0.2) is 50.3 Å². The average molecular weight is 230 g/mol. The summed E-state index contributed by atoms with van der Waals surface area (Å²) in [6.07, 6.45) is -1.44. The third-order valence-electron chi connectivity index (χ3n) is 2.92. The van der Waals surface area contributed by atoms with Gasteiger partial charge in [0.05, 0.1) is 13.0 Å². The summed E-state index contributed by atoms with van der Waals surface area (Å²) in [4.78, 5) is 10.8. The quantitative estimate of drug-likeness (QED) is 0.413. The number of aliphatic carboxylic acids is 1. The molecule has 0 heterocycles. The van der Waals surface area contributed by atoms with E-state index in [1.54, 1.807) is 0 Å². The standard InChI is InChI=1S/C9H10O7/c1-16-5-2(8(13)14)4(10)3-6(11)9(3,15)7(5)12/h3,6,10-12,15H,1H3,(H,13,14)/t3-,6?,9?/m0/s1. The van der Waals surface area contributed by atoms with Gasteiger partial charge in [-0.15, -0.1) is 0 Å². The highest BCUT2D eigenvalue weighted by Gasteiger charge is 2.73. The number of carbonyl (C=O) groups is 1. The van der Waals surface area contributed by atoms with E-state index >= 15 is 0 Å². The molecule has 1 saturated carbocycles. The van der Waals surface area contributed by atoms with Crippen LogP contribution < -0.4 is 0 Å². The third kappa shape index (κ3) is 0.961. The number of aliphatic hydroxyl groups is 4. The van der Waals surface area contributed by atoms with E-state index in [1.165, 1.54) is 0 Å². The van der Waals surface area contributed by atoms with Crippen molar-refractivity contribution < 1.29 is 35.1 Å². The smallest absolute Gasteiger partial charge is 0.343 e. The molecule has 2 unspecified atom stereocenters. The first kappa shape index (κ1) is 10.8. The van der Waals surface area contributed by atoms with Gasteiger partial charge >= 0.3 is 5.97 Å². The largest absolute Gasteiger partial charge is 0.511 e. The molecule has 0 aromatic rings. The van der Waals surface area contributed by atoms with Crippen LogP contribution in [0.3, 0.4) is 0 Å². The van der Waals surface area contributed by atoms with E-state index in [9.17, 15) is 25.2 Å². The van der Waals surface area contributed by atoms with Crippen molar-refractivity contribution in [2.24, 2.45) is 5.92 Å². The molecule has 0 radical (unpaired) electrons. The molecule has 0 spiro atoms. The summed E-state index contributed by atoms with van der Waals surface area (Å²) < 4.78 is 4.62. The van der Waals surface area contributed by atoms with E-state index in [0.29, 0.717) is 0 Å². The number of fused-ring (bicyclic) bond motifs is 1. The summed E-state index contributed by atoms with van der Waals surface area (Å²) in [5, 5.41) is 47.1. The zero-order valence-corrected chi connectivity index (χ0v) is 8.21. The van der Waals surface area contributed by atoms with Crippen LogP contribution >= 0.6 is 0 Å². The number of carboxylic acid groups (broad SMARTS) is 1. The van der Waals surface area contributed by atoms with E-state index in [0.717, 1.165) is 7.11 Å². The Bertz CT molecular complexity index is 435. The normalized spacial score (nSPS) is 37.2. The lowest BCUT2D eigenvalue weighted by Crippen LogP contribution is -2.27. The highest BCUT2D eigenvalue weighted by atomic mass is 16.5. The monoisotopic (exact) mass is 230 g/mol. The summed E-state index contributed by atoms with van der Waals surface area (Å²) in [6.45, 7) is 0. The van der Waals surface area contributed by atoms with Gasteiger partial charge in [0.2, 0.25) is 0 Å². The summed E-state index contributed by atoms with van der Waals surface area (Å²) in [7, 11) is 1.08. The molecule has 3 atom stereocenters. The lowest BCUT2D eigenvalue weighted by Gasteiger charge is -2.20. The molecule has 7 heteroatoms. The topological polar surface area (TPSA) is 127 Å². The first-order valence-corrected chi connectivity index (χ1v) is 4.42. The molecule has 0 amide bonds. The molecule has 5 N–H and O–H groups in total. The van der Waals surface area contributed by atoms with Gasteiger partial charge in [0.25, 0.3) is 0 Å². The highest BCUT2D eigenvalue weighted by molar-refractivity contribution is 5.93. The first-order chi connectivity index (χ1) is 7.37. The molecule has 2 aliphatic rings. The Kier molecular flexibility index (Phi) is 1.95. The Morgan fingerprint density at radius 1 is 1.44 bits per heavy atom. The molecular weight excluding hydrogens is 220 g/mol. The number of aliphatic hydroxyl groups excluding tert-OH is 3. The van der Waals surface area contributed by atoms with E-state index in [1.807, 2.05) is 0 Å². The van der Waals surface area contributed by atoms with Crippen LogP contribution in [0.5, 0.6) is 0 Å². The van der Waals surface area contributed by atoms with Crippen molar-refractivity contribution in [2.45, 2.75) is 11.7 Å². The molecule has 0 aliphatic heterocycles. The van der Waals surface area contributed by atoms with Gasteiger partial charge in [0.1, 0.15) is 17.4 Å². The summed E-state index contributed by atoms with van der Waals surface area (Å²) in [5.41, 5.74) is -2.68. The predicted molar refractivity (Wildman–Crippen MR) is 48.4 cm³/mol. The lowest BCUT2D eigenvalue weighted by atomic mass is 9.99. The van der Waals surface area contributed by atoms with Crippen molar-refractivity contribution >= 4 is 5.97 Å². The molecule has 0 aromatic heterocycles. The first-order valence-electron chi connectivity index (χ1n) is 4.42. The van der Waals surface area contributed by atoms with Crippen molar-refractivity contribution in [3.63, 3.8) is 0 Å². The number of hydrogen-bond acceptors (Lipinski definition) is 6. The SMILES string of the molecule is COC1=C(O)C2(O)C(O)[C@@H]2C(O)=C1C(=O)O. The summed E-state index contributed by atoms with van der Waals surface area (Å²) in [5.74, 6) is -4.74. The minimum absolute atomic E-state index is 0.541. The number of carboxylic acids is 1. The molecular formula is C9H10O7. The number of methoxy groups -OCH3 is 1. The predicted octanol–water partition coefficient (Wildman–Crippen LogP) is -0.966. The van der Waals surface area contributed by atoms with Crippen LogP contribution in [0.25, 0.3) is 0 Å². The van der Waals surface area contributed by atoms with Gasteiger partial charge in [-0.2, -0.15) is 0 Å². The van der Waals surface area contributed by atoms with E-state index < -0.39 is 46.4 Å². The molecule has 7 nitrogen and oxygen atoms in total. The van der Waals surface area contributed by atoms with Crippen molar-refractivity contribution in [3.05, 3.63) is 22.9 Å².